The molecule has 2 aromatic rings. The predicted octanol–water partition coefficient (Wildman–Crippen LogP) is 6.90. The first-order valence-corrected chi connectivity index (χ1v) is 10.6. The normalized spacial score (nSPS) is 16.0. The maximum atomic E-state index is 11.5. The van der Waals surface area contributed by atoms with E-state index >= 15 is 0 Å². The van der Waals surface area contributed by atoms with Gasteiger partial charge in [0, 0.05) is 0 Å². The molecule has 3 rings (SSSR count). The minimum Gasteiger partial charge on any atom is -0.478 e. The Bertz CT molecular complexity index is 874. The van der Waals surface area contributed by atoms with Crippen molar-refractivity contribution in [2.24, 2.45) is 0 Å². The van der Waals surface area contributed by atoms with Gasteiger partial charge in [-0.3, -0.25) is 0 Å². The van der Waals surface area contributed by atoms with Gasteiger partial charge in [0.05, 0.1) is 5.56 Å². The number of aryl methyl sites for hydroxylation is 2. The van der Waals surface area contributed by atoms with Crippen LogP contribution in [-0.4, -0.2) is 11.1 Å². The summed E-state index contributed by atoms with van der Waals surface area (Å²) < 4.78 is 0. The molecule has 0 saturated heterocycles. The number of aromatic carboxylic acids is 1. The molecule has 0 radical (unpaired) electrons. The Balaban J connectivity index is 2.05. The van der Waals surface area contributed by atoms with Gasteiger partial charge < -0.3 is 5.11 Å². The van der Waals surface area contributed by atoms with E-state index in [2.05, 4.69) is 39.0 Å². The zero-order valence-corrected chi connectivity index (χ0v) is 17.4. The van der Waals surface area contributed by atoms with Gasteiger partial charge in [-0.05, 0) is 71.4 Å². The topological polar surface area (TPSA) is 37.3 Å². The fourth-order valence-electron chi connectivity index (χ4n) is 4.32. The van der Waals surface area contributed by atoms with Gasteiger partial charge in [0.25, 0.3) is 0 Å². The van der Waals surface area contributed by atoms with E-state index in [4.69, 9.17) is 0 Å². The van der Waals surface area contributed by atoms with E-state index in [1.54, 1.807) is 12.1 Å². The standard InChI is InChI=1S/C26H32O2/c1-4-5-10-20-18-24-22(12-8-9-16-26(24,2)3)17-21(20)15-14-19-11-6-7-13-23(19)25(27)28/h6-7,11,13-15,17-18H,4-5,8-10,12,16H2,1-3H3,(H,27,28). The van der Waals surface area contributed by atoms with E-state index < -0.39 is 5.97 Å². The van der Waals surface area contributed by atoms with Crippen LogP contribution in [-0.2, 0) is 18.3 Å². The van der Waals surface area contributed by atoms with Crippen LogP contribution in [0.1, 0.15) is 91.1 Å². The summed E-state index contributed by atoms with van der Waals surface area (Å²) in [4.78, 5) is 11.5. The minimum absolute atomic E-state index is 0.227. The summed E-state index contributed by atoms with van der Waals surface area (Å²) in [7, 11) is 0. The van der Waals surface area contributed by atoms with Crippen molar-refractivity contribution in [1.29, 1.82) is 0 Å². The monoisotopic (exact) mass is 376 g/mol. The van der Waals surface area contributed by atoms with E-state index in [9.17, 15) is 9.90 Å². The Morgan fingerprint density at radius 2 is 1.86 bits per heavy atom. The number of hydrogen-bond acceptors (Lipinski definition) is 1. The summed E-state index contributed by atoms with van der Waals surface area (Å²) in [5.41, 5.74) is 6.94. The van der Waals surface area contributed by atoms with E-state index in [0.717, 1.165) is 18.4 Å². The molecule has 1 aliphatic carbocycles. The zero-order chi connectivity index (χ0) is 20.1. The number of carboxylic acid groups (broad SMARTS) is 1. The van der Waals surface area contributed by atoms with Crippen LogP contribution < -0.4 is 0 Å². The van der Waals surface area contributed by atoms with Crippen LogP contribution in [0.15, 0.2) is 36.4 Å². The molecule has 0 bridgehead atoms. The predicted molar refractivity (Wildman–Crippen MR) is 118 cm³/mol. The lowest BCUT2D eigenvalue weighted by Crippen LogP contribution is -2.18. The summed E-state index contributed by atoms with van der Waals surface area (Å²) in [6.07, 6.45) is 12.4. The van der Waals surface area contributed by atoms with Gasteiger partial charge in [-0.15, -0.1) is 0 Å². The molecule has 1 N–H and O–H groups in total. The van der Waals surface area contributed by atoms with Crippen LogP contribution in [0.25, 0.3) is 12.2 Å². The van der Waals surface area contributed by atoms with Gasteiger partial charge in [0.15, 0.2) is 0 Å². The highest BCUT2D eigenvalue weighted by Gasteiger charge is 2.26. The molecule has 0 atom stereocenters. The maximum Gasteiger partial charge on any atom is 0.336 e. The Labute approximate surface area is 169 Å². The van der Waals surface area contributed by atoms with Crippen molar-refractivity contribution < 1.29 is 9.90 Å². The molecule has 0 aromatic heterocycles. The number of unbranched alkanes of at least 4 members (excludes halogenated alkanes) is 1. The summed E-state index contributed by atoms with van der Waals surface area (Å²) in [5, 5.41) is 9.45. The first kappa shape index (κ1) is 20.4. The van der Waals surface area contributed by atoms with E-state index in [1.165, 1.54) is 54.4 Å². The number of benzene rings is 2. The quantitative estimate of drug-likeness (QED) is 0.440. The van der Waals surface area contributed by atoms with Gasteiger partial charge in [-0.2, -0.15) is 0 Å². The molecule has 0 aliphatic heterocycles. The summed E-state index contributed by atoms with van der Waals surface area (Å²) in [5.74, 6) is -0.880. The number of rotatable bonds is 6. The Morgan fingerprint density at radius 3 is 2.61 bits per heavy atom. The largest absolute Gasteiger partial charge is 0.478 e. The number of fused-ring (bicyclic) bond motifs is 1. The van der Waals surface area contributed by atoms with Crippen LogP contribution in [0.2, 0.25) is 0 Å². The molecular formula is C26H32O2. The van der Waals surface area contributed by atoms with Crippen molar-refractivity contribution in [3.63, 3.8) is 0 Å². The Morgan fingerprint density at radius 1 is 1.11 bits per heavy atom. The summed E-state index contributed by atoms with van der Waals surface area (Å²) in [6, 6.07) is 12.0. The van der Waals surface area contributed by atoms with Gasteiger partial charge in [-0.1, -0.05) is 76.1 Å². The molecule has 0 fully saturated rings. The molecule has 2 heteroatoms. The fourth-order valence-corrected chi connectivity index (χ4v) is 4.32. The smallest absolute Gasteiger partial charge is 0.336 e. The minimum atomic E-state index is -0.880. The average Bonchev–Trinajstić information content (AvgIpc) is 2.82. The first-order valence-electron chi connectivity index (χ1n) is 10.6. The van der Waals surface area contributed by atoms with Crippen LogP contribution in [0.5, 0.6) is 0 Å². The molecule has 2 aromatic carbocycles. The molecule has 0 saturated carbocycles. The lowest BCUT2D eigenvalue weighted by atomic mass is 9.78. The van der Waals surface area contributed by atoms with Gasteiger partial charge >= 0.3 is 5.97 Å². The highest BCUT2D eigenvalue weighted by atomic mass is 16.4. The lowest BCUT2D eigenvalue weighted by Gasteiger charge is -2.27. The molecule has 148 valence electrons. The van der Waals surface area contributed by atoms with Crippen LogP contribution in [0, 0.1) is 0 Å². The van der Waals surface area contributed by atoms with Gasteiger partial charge in [0.2, 0.25) is 0 Å². The number of carboxylic acids is 1. The van der Waals surface area contributed by atoms with Gasteiger partial charge in [0.1, 0.15) is 0 Å². The summed E-state index contributed by atoms with van der Waals surface area (Å²) in [6.45, 7) is 6.98. The third kappa shape index (κ3) is 4.55. The van der Waals surface area contributed by atoms with Crippen LogP contribution in [0.3, 0.4) is 0 Å². The second-order valence-electron chi connectivity index (χ2n) is 8.63. The first-order chi connectivity index (χ1) is 13.4. The van der Waals surface area contributed by atoms with Crippen molar-refractivity contribution in [3.05, 3.63) is 69.8 Å². The third-order valence-electron chi connectivity index (χ3n) is 6.03. The second kappa shape index (κ2) is 8.77. The third-order valence-corrected chi connectivity index (χ3v) is 6.03. The lowest BCUT2D eigenvalue weighted by molar-refractivity contribution is 0.0696. The molecule has 1 aliphatic rings. The molecular weight excluding hydrogens is 344 g/mol. The van der Waals surface area contributed by atoms with Crippen molar-refractivity contribution in [2.75, 3.05) is 0 Å². The number of carbonyl (C=O) groups is 1. The van der Waals surface area contributed by atoms with Crippen LogP contribution >= 0.6 is 0 Å². The Hall–Kier alpha value is -2.35. The van der Waals surface area contributed by atoms with Crippen molar-refractivity contribution in [2.45, 2.75) is 71.1 Å². The maximum absolute atomic E-state index is 11.5. The van der Waals surface area contributed by atoms with Crippen LogP contribution in [0.4, 0.5) is 0 Å². The summed E-state index contributed by atoms with van der Waals surface area (Å²) >= 11 is 0. The number of hydrogen-bond donors (Lipinski definition) is 1. The van der Waals surface area contributed by atoms with Crippen molar-refractivity contribution in [3.8, 4) is 0 Å². The molecule has 28 heavy (non-hydrogen) atoms. The zero-order valence-electron chi connectivity index (χ0n) is 17.4. The van der Waals surface area contributed by atoms with Crippen molar-refractivity contribution >= 4 is 18.1 Å². The molecule has 0 spiro atoms. The Kier molecular flexibility index (Phi) is 6.39. The molecule has 2 nitrogen and oxygen atoms in total. The average molecular weight is 377 g/mol. The van der Waals surface area contributed by atoms with Gasteiger partial charge in [-0.25, -0.2) is 4.79 Å². The van der Waals surface area contributed by atoms with Crippen molar-refractivity contribution in [1.82, 2.24) is 0 Å². The molecule has 0 amide bonds. The molecule has 0 unspecified atom stereocenters. The fraction of sp³-hybridized carbons (Fsp3) is 0.423. The van der Waals surface area contributed by atoms with E-state index in [0.29, 0.717) is 5.56 Å². The molecule has 0 heterocycles. The van der Waals surface area contributed by atoms with E-state index in [1.807, 2.05) is 18.2 Å². The highest BCUT2D eigenvalue weighted by Crippen LogP contribution is 2.37. The van der Waals surface area contributed by atoms with E-state index in [-0.39, 0.29) is 5.41 Å². The highest BCUT2D eigenvalue weighted by molar-refractivity contribution is 5.93. The second-order valence-corrected chi connectivity index (χ2v) is 8.63. The SMILES string of the molecule is CCCCc1cc2c(cc1C=Cc1ccccc1C(=O)O)CCCCC2(C)C.